The van der Waals surface area contributed by atoms with Crippen molar-refractivity contribution in [1.82, 2.24) is 0 Å². The number of allylic oxidation sites excluding steroid dienone is 2. The Bertz CT molecular complexity index is 1400. The van der Waals surface area contributed by atoms with Crippen LogP contribution in [0.1, 0.15) is 36.4 Å². The number of nitro groups is 1. The van der Waals surface area contributed by atoms with Crippen LogP contribution in [-0.4, -0.2) is 19.9 Å². The molecular weight excluding hydrogens is 466 g/mol. The second-order valence-electron chi connectivity index (χ2n) is 8.64. The van der Waals surface area contributed by atoms with Gasteiger partial charge in [-0.25, -0.2) is 8.42 Å². The number of rotatable bonds is 7. The van der Waals surface area contributed by atoms with Crippen LogP contribution in [0.3, 0.4) is 0 Å². The zero-order valence-electron chi connectivity index (χ0n) is 19.0. The number of nitrogens with one attached hydrogen (secondary N) is 2. The highest BCUT2D eigenvalue weighted by atomic mass is 32.2. The molecule has 1 aliphatic heterocycles. The van der Waals surface area contributed by atoms with E-state index < -0.39 is 10.0 Å². The molecule has 0 bridgehead atoms. The van der Waals surface area contributed by atoms with Crippen LogP contribution >= 0.6 is 0 Å². The van der Waals surface area contributed by atoms with Crippen LogP contribution in [0.5, 0.6) is 5.75 Å². The maximum atomic E-state index is 13.1. The molecule has 0 spiro atoms. The van der Waals surface area contributed by atoms with Gasteiger partial charge < -0.3 is 10.1 Å². The zero-order valence-corrected chi connectivity index (χ0v) is 19.9. The van der Waals surface area contributed by atoms with E-state index in [0.29, 0.717) is 18.0 Å². The molecule has 2 aliphatic rings. The second kappa shape index (κ2) is 9.07. The van der Waals surface area contributed by atoms with Crippen LogP contribution < -0.4 is 14.8 Å². The van der Waals surface area contributed by atoms with E-state index in [1.54, 1.807) is 54.6 Å². The number of benzene rings is 3. The lowest BCUT2D eigenvalue weighted by Crippen LogP contribution is -2.29. The molecule has 0 amide bonds. The summed E-state index contributed by atoms with van der Waals surface area (Å²) in [5.41, 5.74) is 3.08. The Kier molecular flexibility index (Phi) is 5.94. The van der Waals surface area contributed by atoms with E-state index in [-0.39, 0.29) is 33.4 Å². The van der Waals surface area contributed by atoms with Gasteiger partial charge in [0.2, 0.25) is 0 Å². The van der Waals surface area contributed by atoms with Crippen molar-refractivity contribution >= 4 is 27.1 Å². The van der Waals surface area contributed by atoms with E-state index in [1.165, 1.54) is 6.07 Å². The lowest BCUT2D eigenvalue weighted by molar-refractivity contribution is -0.384. The van der Waals surface area contributed by atoms with Crippen molar-refractivity contribution in [3.05, 3.63) is 100 Å². The largest absolute Gasteiger partial charge is 0.494 e. The summed E-state index contributed by atoms with van der Waals surface area (Å²) >= 11 is 0. The molecule has 3 atom stereocenters. The minimum atomic E-state index is -3.80. The van der Waals surface area contributed by atoms with E-state index in [0.717, 1.165) is 23.2 Å². The van der Waals surface area contributed by atoms with Crippen molar-refractivity contribution in [2.24, 2.45) is 5.92 Å². The quantitative estimate of drug-likeness (QED) is 0.252. The van der Waals surface area contributed by atoms with Crippen LogP contribution in [0.4, 0.5) is 17.1 Å². The fourth-order valence-corrected chi connectivity index (χ4v) is 5.99. The standard InChI is InChI=1S/C26H25N3O5S/c1-2-34-20-11-9-18(10-12-20)28-35(32,33)21-13-14-25-24(16-21)22-7-4-8-23(22)26(27-25)17-5-3-6-19(15-17)29(30)31/h3-7,9-16,22-23,26-28H,2,8H2,1H3/t22?,23?,26-/m1/s1. The first-order valence-corrected chi connectivity index (χ1v) is 12.9. The van der Waals surface area contributed by atoms with Gasteiger partial charge in [0, 0.05) is 29.4 Å². The molecule has 0 saturated carbocycles. The predicted molar refractivity (Wildman–Crippen MR) is 134 cm³/mol. The summed E-state index contributed by atoms with van der Waals surface area (Å²) in [5, 5.41) is 14.8. The van der Waals surface area contributed by atoms with Crippen molar-refractivity contribution in [1.29, 1.82) is 0 Å². The SMILES string of the molecule is CCOc1ccc(NS(=O)(=O)c2ccc3c(c2)C2C=CCC2[C@@H](c2cccc([N+](=O)[O-])c2)N3)cc1. The van der Waals surface area contributed by atoms with E-state index in [1.807, 2.05) is 13.0 Å². The summed E-state index contributed by atoms with van der Waals surface area (Å²) in [6, 6.07) is 18.4. The molecule has 0 aromatic heterocycles. The van der Waals surface area contributed by atoms with Gasteiger partial charge in [0.15, 0.2) is 0 Å². The maximum Gasteiger partial charge on any atom is 0.269 e. The summed E-state index contributed by atoms with van der Waals surface area (Å²) in [7, 11) is -3.80. The zero-order chi connectivity index (χ0) is 24.6. The molecule has 8 nitrogen and oxygen atoms in total. The number of hydrogen-bond acceptors (Lipinski definition) is 6. The van der Waals surface area contributed by atoms with E-state index >= 15 is 0 Å². The van der Waals surface area contributed by atoms with Gasteiger partial charge in [-0.3, -0.25) is 14.8 Å². The Hall–Kier alpha value is -3.85. The third-order valence-electron chi connectivity index (χ3n) is 6.50. The summed E-state index contributed by atoms with van der Waals surface area (Å²) in [5.74, 6) is 0.810. The fourth-order valence-electron chi connectivity index (χ4n) is 4.90. The highest BCUT2D eigenvalue weighted by Crippen LogP contribution is 2.50. The van der Waals surface area contributed by atoms with Gasteiger partial charge >= 0.3 is 0 Å². The van der Waals surface area contributed by atoms with Crippen LogP contribution in [0, 0.1) is 16.0 Å². The van der Waals surface area contributed by atoms with E-state index in [9.17, 15) is 18.5 Å². The Balaban J connectivity index is 1.44. The van der Waals surface area contributed by atoms with Crippen LogP contribution in [0.25, 0.3) is 0 Å². The maximum absolute atomic E-state index is 13.1. The minimum Gasteiger partial charge on any atom is -0.494 e. The predicted octanol–water partition coefficient (Wildman–Crippen LogP) is 5.62. The summed E-state index contributed by atoms with van der Waals surface area (Å²) in [6.07, 6.45) is 4.99. The number of nitro benzene ring substituents is 1. The average Bonchev–Trinajstić information content (AvgIpc) is 3.35. The Morgan fingerprint density at radius 1 is 1.11 bits per heavy atom. The number of sulfonamides is 1. The van der Waals surface area contributed by atoms with Gasteiger partial charge in [-0.15, -0.1) is 0 Å². The highest BCUT2D eigenvalue weighted by Gasteiger charge is 2.38. The van der Waals surface area contributed by atoms with Crippen LogP contribution in [0.15, 0.2) is 83.8 Å². The molecule has 180 valence electrons. The Morgan fingerprint density at radius 3 is 2.66 bits per heavy atom. The summed E-state index contributed by atoms with van der Waals surface area (Å²) < 4.78 is 34.3. The lowest BCUT2D eigenvalue weighted by atomic mass is 9.77. The molecule has 3 aromatic rings. The smallest absolute Gasteiger partial charge is 0.269 e. The van der Waals surface area contributed by atoms with Gasteiger partial charge in [0.05, 0.1) is 22.5 Å². The fraction of sp³-hybridized carbons (Fsp3) is 0.231. The van der Waals surface area contributed by atoms with Gasteiger partial charge in [0.25, 0.3) is 15.7 Å². The number of ether oxygens (including phenoxy) is 1. The number of nitrogens with zero attached hydrogens (tertiary/aromatic N) is 1. The van der Waals surface area contributed by atoms with Crippen molar-refractivity contribution in [3.8, 4) is 5.75 Å². The second-order valence-corrected chi connectivity index (χ2v) is 10.3. The lowest BCUT2D eigenvalue weighted by Gasteiger charge is -2.37. The number of non-ortho nitro benzene ring substituents is 1. The number of anilines is 2. The molecule has 0 radical (unpaired) electrons. The van der Waals surface area contributed by atoms with Crippen molar-refractivity contribution in [2.45, 2.75) is 30.2 Å². The van der Waals surface area contributed by atoms with Crippen LogP contribution in [-0.2, 0) is 10.0 Å². The van der Waals surface area contributed by atoms with Crippen molar-refractivity contribution < 1.29 is 18.1 Å². The Labute approximate surface area is 203 Å². The van der Waals surface area contributed by atoms with E-state index in [4.69, 9.17) is 4.74 Å². The molecule has 5 rings (SSSR count). The van der Waals surface area contributed by atoms with Gasteiger partial charge in [-0.2, -0.15) is 0 Å². The van der Waals surface area contributed by atoms with Crippen molar-refractivity contribution in [3.63, 3.8) is 0 Å². The third kappa shape index (κ3) is 4.46. The highest BCUT2D eigenvalue weighted by molar-refractivity contribution is 7.92. The van der Waals surface area contributed by atoms with Gasteiger partial charge in [-0.1, -0.05) is 24.3 Å². The monoisotopic (exact) mass is 491 g/mol. The molecule has 1 aliphatic carbocycles. The molecule has 9 heteroatoms. The molecular formula is C26H25N3O5S. The topological polar surface area (TPSA) is 111 Å². The molecule has 3 aromatic carbocycles. The molecule has 35 heavy (non-hydrogen) atoms. The first-order chi connectivity index (χ1) is 16.9. The molecule has 2 N–H and O–H groups in total. The molecule has 1 heterocycles. The average molecular weight is 492 g/mol. The van der Waals surface area contributed by atoms with Crippen molar-refractivity contribution in [2.75, 3.05) is 16.6 Å². The summed E-state index contributed by atoms with van der Waals surface area (Å²) in [6.45, 7) is 2.42. The molecule has 0 fully saturated rings. The van der Waals surface area contributed by atoms with Gasteiger partial charge in [-0.05, 0) is 72.9 Å². The van der Waals surface area contributed by atoms with Crippen LogP contribution in [0.2, 0.25) is 0 Å². The van der Waals surface area contributed by atoms with Gasteiger partial charge in [0.1, 0.15) is 5.75 Å². The molecule has 0 saturated heterocycles. The number of fused-ring (bicyclic) bond motifs is 3. The minimum absolute atomic E-state index is 0.0103. The van der Waals surface area contributed by atoms with E-state index in [2.05, 4.69) is 22.2 Å². The summed E-state index contributed by atoms with van der Waals surface area (Å²) in [4.78, 5) is 11.1. The Morgan fingerprint density at radius 2 is 1.91 bits per heavy atom. The number of hydrogen-bond donors (Lipinski definition) is 2. The first-order valence-electron chi connectivity index (χ1n) is 11.4. The first kappa shape index (κ1) is 22.9. The normalized spacial score (nSPS) is 20.4. The third-order valence-corrected chi connectivity index (χ3v) is 7.88. The molecule has 2 unspecified atom stereocenters.